The van der Waals surface area contributed by atoms with E-state index in [4.69, 9.17) is 23.2 Å². The van der Waals surface area contributed by atoms with Crippen LogP contribution >= 0.6 is 35.0 Å². The normalized spacial score (nSPS) is 16.2. The Morgan fingerprint density at radius 2 is 2.22 bits per heavy atom. The SMILES string of the molecule is Cc1cc(=O)n2c(n1)SCC2CC(=O)Nc1cc(Cl)ccc1Cl. The molecule has 1 atom stereocenters. The molecule has 3 rings (SSSR count). The standard InChI is InChI=1S/C15H13Cl2N3O2S/c1-8-4-14(22)20-10(7-23-15(20)18-8)6-13(21)19-12-5-9(16)2-3-11(12)17/h2-5,10H,6-7H2,1H3,(H,19,21). The highest BCUT2D eigenvalue weighted by Gasteiger charge is 2.27. The van der Waals surface area contributed by atoms with Crippen molar-refractivity contribution in [2.75, 3.05) is 11.1 Å². The van der Waals surface area contributed by atoms with E-state index in [0.29, 0.717) is 32.3 Å². The topological polar surface area (TPSA) is 64.0 Å². The third kappa shape index (κ3) is 3.54. The zero-order chi connectivity index (χ0) is 16.6. The maximum Gasteiger partial charge on any atom is 0.254 e. The summed E-state index contributed by atoms with van der Waals surface area (Å²) in [5.41, 5.74) is 1.02. The van der Waals surface area contributed by atoms with E-state index < -0.39 is 0 Å². The number of nitrogens with one attached hydrogen (secondary N) is 1. The van der Waals surface area contributed by atoms with E-state index in [1.807, 2.05) is 0 Å². The first-order valence-electron chi connectivity index (χ1n) is 6.92. The molecule has 1 unspecified atom stereocenters. The molecule has 0 fully saturated rings. The van der Waals surface area contributed by atoms with Gasteiger partial charge in [-0.05, 0) is 25.1 Å². The summed E-state index contributed by atoms with van der Waals surface area (Å²) in [5.74, 6) is 0.419. The average Bonchev–Trinajstić information content (AvgIpc) is 2.85. The number of aryl methyl sites for hydroxylation is 1. The van der Waals surface area contributed by atoms with Gasteiger partial charge in [-0.15, -0.1) is 0 Å². The van der Waals surface area contributed by atoms with E-state index in [1.165, 1.54) is 17.8 Å². The van der Waals surface area contributed by atoms with Gasteiger partial charge in [0.2, 0.25) is 5.91 Å². The van der Waals surface area contributed by atoms with Crippen LogP contribution in [0.2, 0.25) is 10.0 Å². The van der Waals surface area contributed by atoms with E-state index in [2.05, 4.69) is 10.3 Å². The fourth-order valence-electron chi connectivity index (χ4n) is 2.42. The largest absolute Gasteiger partial charge is 0.325 e. The van der Waals surface area contributed by atoms with Crippen LogP contribution in [0.3, 0.4) is 0 Å². The molecule has 23 heavy (non-hydrogen) atoms. The summed E-state index contributed by atoms with van der Waals surface area (Å²) in [5, 5.41) is 4.30. The zero-order valence-electron chi connectivity index (χ0n) is 12.2. The van der Waals surface area contributed by atoms with E-state index in [9.17, 15) is 9.59 Å². The van der Waals surface area contributed by atoms with E-state index in [0.717, 1.165) is 0 Å². The lowest BCUT2D eigenvalue weighted by molar-refractivity contribution is -0.116. The molecule has 0 aliphatic carbocycles. The number of thioether (sulfide) groups is 1. The van der Waals surface area contributed by atoms with Crippen molar-refractivity contribution in [2.45, 2.75) is 24.5 Å². The molecule has 1 aromatic heterocycles. The highest BCUT2D eigenvalue weighted by molar-refractivity contribution is 7.99. The first-order valence-corrected chi connectivity index (χ1v) is 8.66. The minimum absolute atomic E-state index is 0.129. The second-order valence-corrected chi connectivity index (χ2v) is 7.06. The lowest BCUT2D eigenvalue weighted by Crippen LogP contribution is -2.27. The van der Waals surface area contributed by atoms with Gasteiger partial charge >= 0.3 is 0 Å². The van der Waals surface area contributed by atoms with Crippen LogP contribution in [0.1, 0.15) is 18.2 Å². The first-order chi connectivity index (χ1) is 10.9. The Balaban J connectivity index is 1.76. The minimum atomic E-state index is -0.222. The number of carbonyl (C=O) groups excluding carboxylic acids is 1. The van der Waals surface area contributed by atoms with Crippen molar-refractivity contribution in [3.8, 4) is 0 Å². The van der Waals surface area contributed by atoms with Crippen LogP contribution in [-0.4, -0.2) is 21.2 Å². The van der Waals surface area contributed by atoms with Crippen LogP contribution in [0.15, 0.2) is 34.2 Å². The molecule has 5 nitrogen and oxygen atoms in total. The quantitative estimate of drug-likeness (QED) is 0.840. The molecule has 0 bridgehead atoms. The predicted molar refractivity (Wildman–Crippen MR) is 92.7 cm³/mol. The second-order valence-electron chi connectivity index (χ2n) is 5.23. The molecule has 0 spiro atoms. The van der Waals surface area contributed by atoms with Gasteiger partial charge in [-0.3, -0.25) is 14.2 Å². The fraction of sp³-hybridized carbons (Fsp3) is 0.267. The lowest BCUT2D eigenvalue weighted by Gasteiger charge is -2.14. The number of carbonyl (C=O) groups is 1. The van der Waals surface area contributed by atoms with Crippen LogP contribution in [0.5, 0.6) is 0 Å². The molecule has 1 N–H and O–H groups in total. The van der Waals surface area contributed by atoms with Gasteiger partial charge in [0.1, 0.15) is 0 Å². The molecular formula is C15H13Cl2N3O2S. The van der Waals surface area contributed by atoms with Crippen molar-refractivity contribution < 1.29 is 4.79 Å². The summed E-state index contributed by atoms with van der Waals surface area (Å²) in [4.78, 5) is 28.7. The van der Waals surface area contributed by atoms with Crippen molar-refractivity contribution in [3.05, 3.63) is 50.4 Å². The summed E-state index contributed by atoms with van der Waals surface area (Å²) in [6.45, 7) is 1.78. The van der Waals surface area contributed by atoms with Gasteiger partial charge in [-0.1, -0.05) is 35.0 Å². The molecular weight excluding hydrogens is 357 g/mol. The van der Waals surface area contributed by atoms with Crippen molar-refractivity contribution in [3.63, 3.8) is 0 Å². The molecule has 1 aromatic carbocycles. The summed E-state index contributed by atoms with van der Waals surface area (Å²) < 4.78 is 1.58. The number of rotatable bonds is 3. The third-order valence-corrected chi connectivity index (χ3v) is 5.10. The van der Waals surface area contributed by atoms with Gasteiger partial charge in [0.25, 0.3) is 5.56 Å². The molecule has 1 aliphatic rings. The summed E-state index contributed by atoms with van der Waals surface area (Å²) >= 11 is 13.4. The number of halogens is 2. The number of aromatic nitrogens is 2. The molecule has 2 aromatic rings. The summed E-state index contributed by atoms with van der Waals surface area (Å²) in [6.07, 6.45) is 0.174. The molecule has 1 aliphatic heterocycles. The number of fused-ring (bicyclic) bond motifs is 1. The Labute approximate surface area is 147 Å². The van der Waals surface area contributed by atoms with Crippen LogP contribution in [0.4, 0.5) is 5.69 Å². The Bertz CT molecular complexity index is 838. The van der Waals surface area contributed by atoms with Gasteiger partial charge in [0.15, 0.2) is 5.16 Å². The molecule has 0 saturated carbocycles. The highest BCUT2D eigenvalue weighted by Crippen LogP contribution is 2.32. The molecule has 120 valence electrons. The van der Waals surface area contributed by atoms with Gasteiger partial charge < -0.3 is 5.32 Å². The van der Waals surface area contributed by atoms with E-state index in [-0.39, 0.29) is 23.9 Å². The van der Waals surface area contributed by atoms with Crippen molar-refractivity contribution in [1.82, 2.24) is 9.55 Å². The minimum Gasteiger partial charge on any atom is -0.325 e. The summed E-state index contributed by atoms with van der Waals surface area (Å²) in [7, 11) is 0. The molecule has 1 amide bonds. The van der Waals surface area contributed by atoms with Gasteiger partial charge in [0.05, 0.1) is 16.8 Å². The molecule has 2 heterocycles. The van der Waals surface area contributed by atoms with Crippen molar-refractivity contribution in [1.29, 1.82) is 0 Å². The van der Waals surface area contributed by atoms with Gasteiger partial charge in [-0.25, -0.2) is 4.98 Å². The molecule has 0 radical (unpaired) electrons. The third-order valence-electron chi connectivity index (χ3n) is 3.44. The first kappa shape index (κ1) is 16.4. The van der Waals surface area contributed by atoms with Crippen molar-refractivity contribution >= 4 is 46.6 Å². The predicted octanol–water partition coefficient (Wildman–Crippen LogP) is 3.53. The maximum absolute atomic E-state index is 12.3. The van der Waals surface area contributed by atoms with Crippen LogP contribution in [0.25, 0.3) is 0 Å². The average molecular weight is 370 g/mol. The Morgan fingerprint density at radius 1 is 1.43 bits per heavy atom. The number of hydrogen-bond donors (Lipinski definition) is 1. The van der Waals surface area contributed by atoms with Crippen LogP contribution in [-0.2, 0) is 4.79 Å². The maximum atomic E-state index is 12.3. The second kappa shape index (κ2) is 6.55. The van der Waals surface area contributed by atoms with Crippen LogP contribution in [0, 0.1) is 6.92 Å². The number of hydrogen-bond acceptors (Lipinski definition) is 4. The number of amides is 1. The Morgan fingerprint density at radius 3 is 3.00 bits per heavy atom. The fourth-order valence-corrected chi connectivity index (χ4v) is 3.95. The summed E-state index contributed by atoms with van der Waals surface area (Å²) in [6, 6.07) is 6.13. The number of benzene rings is 1. The van der Waals surface area contributed by atoms with E-state index >= 15 is 0 Å². The smallest absolute Gasteiger partial charge is 0.254 e. The zero-order valence-corrected chi connectivity index (χ0v) is 14.5. The van der Waals surface area contributed by atoms with Crippen molar-refractivity contribution in [2.24, 2.45) is 0 Å². The Kier molecular flexibility index (Phi) is 4.66. The van der Waals surface area contributed by atoms with Gasteiger partial charge in [0, 0.05) is 29.0 Å². The van der Waals surface area contributed by atoms with Crippen LogP contribution < -0.4 is 10.9 Å². The van der Waals surface area contributed by atoms with E-state index in [1.54, 1.807) is 29.7 Å². The Hall–Kier alpha value is -1.50. The van der Waals surface area contributed by atoms with Gasteiger partial charge in [-0.2, -0.15) is 0 Å². The monoisotopic (exact) mass is 369 g/mol. The highest BCUT2D eigenvalue weighted by atomic mass is 35.5. The number of anilines is 1. The molecule has 0 saturated heterocycles. The molecule has 8 heteroatoms. The number of nitrogens with zero attached hydrogens (tertiary/aromatic N) is 2. The lowest BCUT2D eigenvalue weighted by atomic mass is 10.2.